The number of imidazole rings is 1. The van der Waals surface area contributed by atoms with Crippen molar-refractivity contribution in [2.75, 3.05) is 0 Å². The molecule has 1 aliphatic carbocycles. The van der Waals surface area contributed by atoms with Crippen molar-refractivity contribution >= 4 is 10.0 Å². The fourth-order valence-electron chi connectivity index (χ4n) is 4.62. The summed E-state index contributed by atoms with van der Waals surface area (Å²) in [5, 5.41) is 16.4. The van der Waals surface area contributed by atoms with Gasteiger partial charge < -0.3 is 9.67 Å². The molecule has 0 radical (unpaired) electrons. The lowest BCUT2D eigenvalue weighted by atomic mass is 9.76. The van der Waals surface area contributed by atoms with Crippen LogP contribution >= 0.6 is 0 Å². The van der Waals surface area contributed by atoms with Crippen LogP contribution in [0.25, 0.3) is 11.3 Å². The number of hydrogen-bond acceptors (Lipinski definition) is 4. The molecular weight excluding hydrogens is 362 g/mol. The fraction of sp³-hybridized carbons (Fsp3) is 0.250. The maximum absolute atomic E-state index is 11.6. The first-order chi connectivity index (χ1) is 12.9. The van der Waals surface area contributed by atoms with Crippen LogP contribution in [-0.2, 0) is 16.4 Å². The van der Waals surface area contributed by atoms with Gasteiger partial charge >= 0.3 is 0 Å². The lowest BCUT2D eigenvalue weighted by Crippen LogP contribution is -2.29. The molecule has 7 heteroatoms. The van der Waals surface area contributed by atoms with E-state index in [0.717, 1.165) is 28.8 Å². The van der Waals surface area contributed by atoms with E-state index in [1.54, 1.807) is 12.1 Å². The first-order valence-corrected chi connectivity index (χ1v) is 10.4. The van der Waals surface area contributed by atoms with Crippen LogP contribution < -0.4 is 5.14 Å². The van der Waals surface area contributed by atoms with E-state index in [1.807, 2.05) is 24.7 Å². The number of nitrogens with two attached hydrogens (primary N) is 1. The summed E-state index contributed by atoms with van der Waals surface area (Å²) in [4.78, 5) is 4.39. The zero-order valence-corrected chi connectivity index (χ0v) is 15.3. The number of sulfonamides is 1. The minimum absolute atomic E-state index is 0.0137. The third-order valence-corrected chi connectivity index (χ3v) is 6.75. The van der Waals surface area contributed by atoms with Crippen LogP contribution in [0.3, 0.4) is 0 Å². The first kappa shape index (κ1) is 16.7. The highest BCUT2D eigenvalue weighted by atomic mass is 32.2. The topological polar surface area (TPSA) is 98.2 Å². The Morgan fingerprint density at radius 3 is 2.78 bits per heavy atom. The molecule has 0 unspecified atom stereocenters. The molecule has 5 rings (SSSR count). The van der Waals surface area contributed by atoms with Crippen LogP contribution in [0, 0.1) is 5.92 Å². The van der Waals surface area contributed by atoms with Gasteiger partial charge in [0.25, 0.3) is 0 Å². The first-order valence-electron chi connectivity index (χ1n) is 8.90. The van der Waals surface area contributed by atoms with E-state index in [4.69, 9.17) is 5.14 Å². The van der Waals surface area contributed by atoms with Gasteiger partial charge in [-0.05, 0) is 41.7 Å². The number of nitrogens with zero attached hydrogens (tertiary/aromatic N) is 2. The molecule has 0 amide bonds. The van der Waals surface area contributed by atoms with Crippen LogP contribution in [-0.4, -0.2) is 23.1 Å². The van der Waals surface area contributed by atoms with E-state index < -0.39 is 16.1 Å². The van der Waals surface area contributed by atoms with Crippen molar-refractivity contribution in [3.05, 3.63) is 71.7 Å². The van der Waals surface area contributed by atoms with Gasteiger partial charge in [-0.3, -0.25) is 0 Å². The Kier molecular flexibility index (Phi) is 3.56. The average Bonchev–Trinajstić information content (AvgIpc) is 3.22. The molecule has 0 spiro atoms. The molecule has 2 heterocycles. The van der Waals surface area contributed by atoms with Gasteiger partial charge in [0.1, 0.15) is 0 Å². The van der Waals surface area contributed by atoms with Crippen molar-refractivity contribution in [1.29, 1.82) is 0 Å². The van der Waals surface area contributed by atoms with Crippen LogP contribution in [0.5, 0.6) is 0 Å². The molecule has 0 bridgehead atoms. The van der Waals surface area contributed by atoms with Crippen molar-refractivity contribution in [1.82, 2.24) is 9.55 Å². The minimum Gasteiger partial charge on any atom is -0.388 e. The standard InChI is InChI=1S/C20H19N3O3S/c21-27(25,26)13-6-8-14-12(9-13)5-7-17(20(14)24)19-16-4-2-1-3-15(16)18-10-22-11-23(18)19/h1-4,6,8-11,17,19-20,24H,5,7H2,(H2,21,25,26)/t17-,19+,20+/m0/s1. The van der Waals surface area contributed by atoms with E-state index in [-0.39, 0.29) is 16.9 Å². The number of aliphatic hydroxyl groups excluding tert-OH is 1. The maximum Gasteiger partial charge on any atom is 0.238 e. The Hall–Kier alpha value is -2.48. The van der Waals surface area contributed by atoms with Gasteiger partial charge in [-0.15, -0.1) is 0 Å². The molecule has 0 saturated carbocycles. The fourth-order valence-corrected chi connectivity index (χ4v) is 5.18. The van der Waals surface area contributed by atoms with Gasteiger partial charge in [0.2, 0.25) is 10.0 Å². The summed E-state index contributed by atoms with van der Waals surface area (Å²) in [6.45, 7) is 0. The third kappa shape index (κ3) is 2.46. The summed E-state index contributed by atoms with van der Waals surface area (Å²) in [7, 11) is -3.75. The van der Waals surface area contributed by atoms with Crippen LogP contribution in [0.1, 0.15) is 35.3 Å². The predicted molar refractivity (Wildman–Crippen MR) is 100 cm³/mol. The molecule has 3 aromatic rings. The number of fused-ring (bicyclic) bond motifs is 4. The molecular formula is C20H19N3O3S. The van der Waals surface area contributed by atoms with Crippen LogP contribution in [0.2, 0.25) is 0 Å². The second kappa shape index (κ2) is 5.76. The molecule has 3 atom stereocenters. The number of aryl methyl sites for hydroxylation is 1. The molecule has 2 aromatic carbocycles. The molecule has 0 saturated heterocycles. The Bertz CT molecular complexity index is 1150. The number of aliphatic hydroxyl groups is 1. The van der Waals surface area contributed by atoms with Crippen LogP contribution in [0.4, 0.5) is 0 Å². The van der Waals surface area contributed by atoms with Gasteiger partial charge in [0.05, 0.1) is 35.3 Å². The largest absolute Gasteiger partial charge is 0.388 e. The van der Waals surface area contributed by atoms with E-state index in [0.29, 0.717) is 6.42 Å². The number of benzene rings is 2. The lowest BCUT2D eigenvalue weighted by Gasteiger charge is -2.35. The minimum atomic E-state index is -3.75. The second-order valence-corrected chi connectivity index (χ2v) is 8.83. The van der Waals surface area contributed by atoms with Gasteiger partial charge in [0, 0.05) is 11.5 Å². The highest BCUT2D eigenvalue weighted by Crippen LogP contribution is 2.49. The summed E-state index contributed by atoms with van der Waals surface area (Å²) < 4.78 is 25.4. The number of hydrogen-bond donors (Lipinski definition) is 2. The zero-order chi connectivity index (χ0) is 18.8. The molecule has 3 N–H and O–H groups in total. The van der Waals surface area contributed by atoms with Crippen LogP contribution in [0.15, 0.2) is 59.9 Å². The molecule has 27 heavy (non-hydrogen) atoms. The Morgan fingerprint density at radius 2 is 1.96 bits per heavy atom. The summed E-state index contributed by atoms with van der Waals surface area (Å²) >= 11 is 0. The molecule has 0 fully saturated rings. The third-order valence-electron chi connectivity index (χ3n) is 5.84. The van der Waals surface area contributed by atoms with Gasteiger partial charge in [0.15, 0.2) is 0 Å². The molecule has 138 valence electrons. The normalized spacial score (nSPS) is 23.6. The van der Waals surface area contributed by atoms with Crippen molar-refractivity contribution in [2.45, 2.75) is 29.9 Å². The summed E-state index contributed by atoms with van der Waals surface area (Å²) in [6.07, 6.45) is 4.45. The Morgan fingerprint density at radius 1 is 1.15 bits per heavy atom. The van der Waals surface area contributed by atoms with E-state index >= 15 is 0 Å². The number of rotatable bonds is 2. The number of aromatic nitrogens is 2. The average molecular weight is 381 g/mol. The van der Waals surface area contributed by atoms with Crippen molar-refractivity contribution in [2.24, 2.45) is 11.1 Å². The van der Waals surface area contributed by atoms with Crippen molar-refractivity contribution < 1.29 is 13.5 Å². The Balaban J connectivity index is 1.57. The SMILES string of the molecule is NS(=O)(=O)c1ccc2c(c1)CC[C@@H]([C@H]1c3ccccc3-c3cncn31)[C@@H]2O. The molecule has 2 aliphatic rings. The second-order valence-electron chi connectivity index (χ2n) is 7.27. The van der Waals surface area contributed by atoms with Gasteiger partial charge in [-0.2, -0.15) is 0 Å². The van der Waals surface area contributed by atoms with Crippen molar-refractivity contribution in [3.63, 3.8) is 0 Å². The summed E-state index contributed by atoms with van der Waals surface area (Å²) in [5.41, 5.74) is 5.05. The summed E-state index contributed by atoms with van der Waals surface area (Å²) in [5.74, 6) is -0.0190. The Labute approximate surface area is 157 Å². The zero-order valence-electron chi connectivity index (χ0n) is 14.5. The maximum atomic E-state index is 11.6. The van der Waals surface area contributed by atoms with Gasteiger partial charge in [-0.25, -0.2) is 18.5 Å². The van der Waals surface area contributed by atoms with Gasteiger partial charge in [-0.1, -0.05) is 30.3 Å². The highest BCUT2D eigenvalue weighted by Gasteiger charge is 2.40. The number of primary sulfonamides is 1. The molecule has 1 aliphatic heterocycles. The smallest absolute Gasteiger partial charge is 0.238 e. The van der Waals surface area contributed by atoms with Crippen molar-refractivity contribution in [3.8, 4) is 11.3 Å². The highest BCUT2D eigenvalue weighted by molar-refractivity contribution is 7.89. The van der Waals surface area contributed by atoms with E-state index in [9.17, 15) is 13.5 Å². The quantitative estimate of drug-likeness (QED) is 0.712. The van der Waals surface area contributed by atoms with E-state index in [1.165, 1.54) is 11.6 Å². The monoisotopic (exact) mass is 381 g/mol. The molecule has 1 aromatic heterocycles. The summed E-state index contributed by atoms with van der Waals surface area (Å²) in [6, 6.07) is 13.0. The molecule has 6 nitrogen and oxygen atoms in total. The lowest BCUT2D eigenvalue weighted by molar-refractivity contribution is 0.0719. The van der Waals surface area contributed by atoms with E-state index in [2.05, 4.69) is 21.7 Å². The predicted octanol–water partition coefficient (Wildman–Crippen LogP) is 2.40.